The highest BCUT2D eigenvalue weighted by molar-refractivity contribution is 5.64. The van der Waals surface area contributed by atoms with Gasteiger partial charge in [0, 0.05) is 0 Å². The van der Waals surface area contributed by atoms with Gasteiger partial charge >= 0.3 is 0 Å². The summed E-state index contributed by atoms with van der Waals surface area (Å²) in [5, 5.41) is 20.8. The van der Waals surface area contributed by atoms with Gasteiger partial charge in [0.2, 0.25) is 0 Å². The van der Waals surface area contributed by atoms with Gasteiger partial charge in [0.15, 0.2) is 12.1 Å². The standard InChI is InChI=1S/C8H13NO5/c1-8(2)13-6-5(10)4(3-9-11)12-7(6)14-8/h3-7,10-11H,1-2H3/b9-3-/t4-,5+,6-,7-/m1/s1. The molecule has 6 heteroatoms. The summed E-state index contributed by atoms with van der Waals surface area (Å²) in [6.45, 7) is 3.49. The van der Waals surface area contributed by atoms with Crippen molar-refractivity contribution in [2.45, 2.75) is 44.2 Å². The van der Waals surface area contributed by atoms with Crippen molar-refractivity contribution in [3.05, 3.63) is 0 Å². The van der Waals surface area contributed by atoms with E-state index in [0.717, 1.165) is 6.21 Å². The number of fused-ring (bicyclic) bond motifs is 1. The van der Waals surface area contributed by atoms with Crippen LogP contribution in [0.25, 0.3) is 0 Å². The smallest absolute Gasteiger partial charge is 0.190 e. The molecule has 80 valence electrons. The molecule has 0 radical (unpaired) electrons. The Morgan fingerprint density at radius 1 is 1.36 bits per heavy atom. The van der Waals surface area contributed by atoms with E-state index in [1.807, 2.05) is 0 Å². The van der Waals surface area contributed by atoms with E-state index >= 15 is 0 Å². The van der Waals surface area contributed by atoms with Crippen LogP contribution in [0.5, 0.6) is 0 Å². The van der Waals surface area contributed by atoms with Crippen molar-refractivity contribution in [3.8, 4) is 0 Å². The summed E-state index contributed by atoms with van der Waals surface area (Å²) in [4.78, 5) is 0. The molecule has 0 bridgehead atoms. The molecule has 0 unspecified atom stereocenters. The van der Waals surface area contributed by atoms with Crippen LogP contribution in [0, 0.1) is 0 Å². The van der Waals surface area contributed by atoms with E-state index in [0.29, 0.717) is 0 Å². The summed E-state index contributed by atoms with van der Waals surface area (Å²) in [6, 6.07) is 0. The second kappa shape index (κ2) is 3.16. The van der Waals surface area contributed by atoms with Crippen LogP contribution in [0.2, 0.25) is 0 Å². The van der Waals surface area contributed by atoms with E-state index in [2.05, 4.69) is 5.16 Å². The largest absolute Gasteiger partial charge is 0.411 e. The summed E-state index contributed by atoms with van der Waals surface area (Å²) in [5.74, 6) is -0.738. The zero-order valence-corrected chi connectivity index (χ0v) is 7.95. The second-order valence-electron chi connectivity index (χ2n) is 3.82. The molecule has 2 fully saturated rings. The van der Waals surface area contributed by atoms with Crippen molar-refractivity contribution >= 4 is 6.21 Å². The number of aliphatic hydroxyl groups is 1. The fourth-order valence-corrected chi connectivity index (χ4v) is 1.71. The maximum atomic E-state index is 9.69. The number of aliphatic hydroxyl groups excluding tert-OH is 1. The van der Waals surface area contributed by atoms with Gasteiger partial charge in [-0.3, -0.25) is 0 Å². The molecule has 0 aromatic carbocycles. The van der Waals surface area contributed by atoms with E-state index in [4.69, 9.17) is 19.4 Å². The number of hydrogen-bond acceptors (Lipinski definition) is 6. The van der Waals surface area contributed by atoms with Crippen molar-refractivity contribution in [1.29, 1.82) is 0 Å². The highest BCUT2D eigenvalue weighted by Gasteiger charge is 2.53. The lowest BCUT2D eigenvalue weighted by Crippen LogP contribution is -2.35. The van der Waals surface area contributed by atoms with Crippen molar-refractivity contribution in [2.75, 3.05) is 0 Å². The minimum absolute atomic E-state index is 0.520. The Labute approximate surface area is 81.1 Å². The van der Waals surface area contributed by atoms with Gasteiger partial charge in [-0.1, -0.05) is 5.16 Å². The fourth-order valence-electron chi connectivity index (χ4n) is 1.71. The minimum atomic E-state index is -0.863. The van der Waals surface area contributed by atoms with E-state index < -0.39 is 30.4 Å². The first-order valence-electron chi connectivity index (χ1n) is 4.40. The highest BCUT2D eigenvalue weighted by atomic mass is 16.8. The van der Waals surface area contributed by atoms with Gasteiger partial charge in [-0.25, -0.2) is 0 Å². The molecule has 2 aliphatic heterocycles. The molecule has 0 aliphatic carbocycles. The van der Waals surface area contributed by atoms with Crippen LogP contribution >= 0.6 is 0 Å². The third-order valence-electron chi connectivity index (χ3n) is 2.27. The van der Waals surface area contributed by atoms with Gasteiger partial charge in [-0.05, 0) is 13.8 Å². The molecule has 0 saturated carbocycles. The Bertz CT molecular complexity index is 254. The predicted molar refractivity (Wildman–Crippen MR) is 45.0 cm³/mol. The Morgan fingerprint density at radius 2 is 2.07 bits per heavy atom. The predicted octanol–water partition coefficient (Wildman–Crippen LogP) is -0.316. The summed E-state index contributed by atoms with van der Waals surface area (Å²) < 4.78 is 16.1. The first-order chi connectivity index (χ1) is 6.53. The second-order valence-corrected chi connectivity index (χ2v) is 3.82. The summed E-state index contributed by atoms with van der Waals surface area (Å²) in [7, 11) is 0. The zero-order chi connectivity index (χ0) is 10.3. The number of oxime groups is 1. The average molecular weight is 203 g/mol. The molecule has 0 aromatic heterocycles. The Kier molecular flexibility index (Phi) is 2.23. The molecule has 6 nitrogen and oxygen atoms in total. The summed E-state index contributed by atoms with van der Waals surface area (Å²) >= 11 is 0. The van der Waals surface area contributed by atoms with Gasteiger partial charge in [0.05, 0.1) is 6.21 Å². The van der Waals surface area contributed by atoms with Crippen LogP contribution < -0.4 is 0 Å². The maximum Gasteiger partial charge on any atom is 0.190 e. The molecular weight excluding hydrogens is 190 g/mol. The van der Waals surface area contributed by atoms with Gasteiger partial charge in [-0.15, -0.1) is 0 Å². The van der Waals surface area contributed by atoms with Crippen molar-refractivity contribution in [1.82, 2.24) is 0 Å². The van der Waals surface area contributed by atoms with E-state index in [9.17, 15) is 5.11 Å². The quantitative estimate of drug-likeness (QED) is 0.347. The molecule has 0 aromatic rings. The van der Waals surface area contributed by atoms with Crippen molar-refractivity contribution in [3.63, 3.8) is 0 Å². The SMILES string of the molecule is CC1(C)O[C@H]2O[C@H](/C=N\O)[C@H](O)[C@H]2O1. The third-order valence-corrected chi connectivity index (χ3v) is 2.27. The van der Waals surface area contributed by atoms with Crippen molar-refractivity contribution in [2.24, 2.45) is 5.16 Å². The molecule has 14 heavy (non-hydrogen) atoms. The Balaban J connectivity index is 2.07. The van der Waals surface area contributed by atoms with Gasteiger partial charge in [-0.2, -0.15) is 0 Å². The molecular formula is C8H13NO5. The first kappa shape index (κ1) is 9.85. The van der Waals surface area contributed by atoms with Crippen LogP contribution in [0.4, 0.5) is 0 Å². The monoisotopic (exact) mass is 203 g/mol. The molecule has 4 atom stereocenters. The van der Waals surface area contributed by atoms with Crippen LogP contribution in [-0.2, 0) is 14.2 Å². The lowest BCUT2D eigenvalue weighted by atomic mass is 10.1. The zero-order valence-electron chi connectivity index (χ0n) is 7.95. The number of ether oxygens (including phenoxy) is 3. The molecule has 2 heterocycles. The highest BCUT2D eigenvalue weighted by Crippen LogP contribution is 2.36. The molecule has 2 saturated heterocycles. The van der Waals surface area contributed by atoms with E-state index in [1.54, 1.807) is 13.8 Å². The summed E-state index contributed by atoms with van der Waals surface area (Å²) in [6.07, 6.45) is -1.54. The Hall–Kier alpha value is -0.690. The first-order valence-corrected chi connectivity index (χ1v) is 4.40. The lowest BCUT2D eigenvalue weighted by molar-refractivity contribution is -0.206. The Morgan fingerprint density at radius 3 is 2.64 bits per heavy atom. The van der Waals surface area contributed by atoms with E-state index in [1.165, 1.54) is 0 Å². The summed E-state index contributed by atoms with van der Waals surface area (Å²) in [5.41, 5.74) is 0. The molecule has 0 spiro atoms. The minimum Gasteiger partial charge on any atom is -0.411 e. The topological polar surface area (TPSA) is 80.5 Å². The molecule has 0 amide bonds. The van der Waals surface area contributed by atoms with Gasteiger partial charge in [0.1, 0.15) is 18.3 Å². The van der Waals surface area contributed by atoms with Crippen molar-refractivity contribution < 1.29 is 24.5 Å². The number of hydrogen-bond donors (Lipinski definition) is 2. The van der Waals surface area contributed by atoms with Gasteiger partial charge < -0.3 is 24.5 Å². The molecule has 2 N–H and O–H groups in total. The molecule has 2 aliphatic rings. The van der Waals surface area contributed by atoms with Crippen LogP contribution in [0.15, 0.2) is 5.16 Å². The number of rotatable bonds is 1. The number of nitrogens with zero attached hydrogens (tertiary/aromatic N) is 1. The fraction of sp³-hybridized carbons (Fsp3) is 0.875. The maximum absolute atomic E-state index is 9.69. The van der Waals surface area contributed by atoms with E-state index in [-0.39, 0.29) is 0 Å². The van der Waals surface area contributed by atoms with Crippen LogP contribution in [-0.4, -0.2) is 46.9 Å². The molecule has 2 rings (SSSR count). The lowest BCUT2D eigenvalue weighted by Gasteiger charge is -2.20. The normalized spacial score (nSPS) is 45.9. The van der Waals surface area contributed by atoms with Crippen LogP contribution in [0.3, 0.4) is 0 Å². The average Bonchev–Trinajstić information content (AvgIpc) is 2.50. The van der Waals surface area contributed by atoms with Gasteiger partial charge in [0.25, 0.3) is 0 Å². The van der Waals surface area contributed by atoms with Crippen LogP contribution in [0.1, 0.15) is 13.8 Å². The third kappa shape index (κ3) is 1.50.